The van der Waals surface area contributed by atoms with Crippen molar-refractivity contribution < 1.29 is 33.4 Å². The molecule has 0 atom stereocenters. The van der Waals surface area contributed by atoms with Gasteiger partial charge in [0.2, 0.25) is 0 Å². The Morgan fingerprint density at radius 1 is 0.976 bits per heavy atom. The van der Waals surface area contributed by atoms with E-state index in [-0.39, 0.29) is 18.1 Å². The van der Waals surface area contributed by atoms with Gasteiger partial charge in [0, 0.05) is 11.0 Å². The van der Waals surface area contributed by atoms with Crippen LogP contribution in [0.4, 0.5) is 5.00 Å². The first kappa shape index (κ1) is 29.2. The number of hydrogen-bond donors (Lipinski definition) is 2. The first-order valence-electron chi connectivity index (χ1n) is 13.0. The zero-order valence-electron chi connectivity index (χ0n) is 22.6. The van der Waals surface area contributed by atoms with Crippen molar-refractivity contribution in [2.45, 2.75) is 32.6 Å². The minimum Gasteiger partial charge on any atom is -0.493 e. The zero-order valence-corrected chi connectivity index (χ0v) is 23.4. The number of nitrogens with zero attached hydrogens (tertiary/aromatic N) is 1. The van der Waals surface area contributed by atoms with E-state index in [1.807, 2.05) is 30.3 Å². The van der Waals surface area contributed by atoms with Crippen LogP contribution in [0.15, 0.2) is 59.7 Å². The normalized spacial score (nSPS) is 12.5. The van der Waals surface area contributed by atoms with E-state index in [9.17, 15) is 19.2 Å². The van der Waals surface area contributed by atoms with E-state index in [4.69, 9.17) is 14.2 Å². The van der Waals surface area contributed by atoms with Gasteiger partial charge in [0.15, 0.2) is 11.5 Å². The lowest BCUT2D eigenvalue weighted by Crippen LogP contribution is -2.32. The highest BCUT2D eigenvalue weighted by Crippen LogP contribution is 2.38. The SMILES string of the molecule is CCOC(=O)c1c(NC(=O)C(=O)N/N=C/c2ccc(OC(=O)/C=C/c3ccccc3)c(OC)c2)sc2c1CCCC2. The van der Waals surface area contributed by atoms with Crippen LogP contribution in [0.1, 0.15) is 51.7 Å². The number of fused-ring (bicyclic) bond motifs is 1. The van der Waals surface area contributed by atoms with Gasteiger partial charge in [-0.05, 0) is 73.6 Å². The fourth-order valence-corrected chi connectivity index (χ4v) is 5.44. The molecule has 2 aromatic carbocycles. The number of amides is 2. The summed E-state index contributed by atoms with van der Waals surface area (Å²) in [4.78, 5) is 50.8. The van der Waals surface area contributed by atoms with Gasteiger partial charge < -0.3 is 19.5 Å². The summed E-state index contributed by atoms with van der Waals surface area (Å²) in [6, 6.07) is 14.0. The molecule has 1 aliphatic rings. The zero-order chi connectivity index (χ0) is 29.2. The number of hydrazone groups is 1. The maximum atomic E-state index is 12.6. The van der Waals surface area contributed by atoms with Crippen molar-refractivity contribution in [2.24, 2.45) is 5.10 Å². The molecular weight excluding hydrogens is 546 g/mol. The number of methoxy groups -OCH3 is 1. The van der Waals surface area contributed by atoms with E-state index in [2.05, 4.69) is 15.8 Å². The molecule has 0 fully saturated rings. The van der Waals surface area contributed by atoms with E-state index in [1.54, 1.807) is 25.1 Å². The van der Waals surface area contributed by atoms with Gasteiger partial charge >= 0.3 is 23.8 Å². The fourth-order valence-electron chi connectivity index (χ4n) is 4.17. The number of nitrogens with one attached hydrogen (secondary N) is 2. The monoisotopic (exact) mass is 575 g/mol. The van der Waals surface area contributed by atoms with Gasteiger partial charge in [-0.3, -0.25) is 9.59 Å². The largest absolute Gasteiger partial charge is 0.493 e. The molecule has 0 spiro atoms. The lowest BCUT2D eigenvalue weighted by molar-refractivity contribution is -0.136. The highest BCUT2D eigenvalue weighted by molar-refractivity contribution is 7.17. The van der Waals surface area contributed by atoms with Gasteiger partial charge in [-0.25, -0.2) is 15.0 Å². The molecule has 1 heterocycles. The number of hydrogen-bond acceptors (Lipinski definition) is 9. The second kappa shape index (κ2) is 14.0. The number of carbonyl (C=O) groups is 4. The molecule has 0 radical (unpaired) electrons. The van der Waals surface area contributed by atoms with Crippen molar-refractivity contribution in [3.05, 3.63) is 81.7 Å². The first-order valence-corrected chi connectivity index (χ1v) is 13.8. The van der Waals surface area contributed by atoms with E-state index in [1.165, 1.54) is 36.8 Å². The molecule has 0 aliphatic heterocycles. The second-order valence-corrected chi connectivity index (χ2v) is 9.97. The van der Waals surface area contributed by atoms with Crippen LogP contribution in [0.25, 0.3) is 6.08 Å². The molecule has 2 N–H and O–H groups in total. The van der Waals surface area contributed by atoms with Gasteiger partial charge in [0.1, 0.15) is 5.00 Å². The summed E-state index contributed by atoms with van der Waals surface area (Å²) in [6.07, 6.45) is 7.73. The Morgan fingerprint density at radius 3 is 2.51 bits per heavy atom. The summed E-state index contributed by atoms with van der Waals surface area (Å²) in [5, 5.41) is 6.68. The average Bonchev–Trinajstić information content (AvgIpc) is 3.35. The Kier molecular flexibility index (Phi) is 10.0. The Labute approximate surface area is 241 Å². The summed E-state index contributed by atoms with van der Waals surface area (Å²) < 4.78 is 15.9. The van der Waals surface area contributed by atoms with E-state index in [0.29, 0.717) is 16.1 Å². The number of aryl methyl sites for hydroxylation is 1. The second-order valence-electron chi connectivity index (χ2n) is 8.86. The maximum Gasteiger partial charge on any atom is 0.341 e. The molecule has 0 bridgehead atoms. The van der Waals surface area contributed by atoms with Crippen LogP contribution in [0.3, 0.4) is 0 Å². The molecule has 11 heteroatoms. The lowest BCUT2D eigenvalue weighted by atomic mass is 9.95. The molecular formula is C30H29N3O7S. The quantitative estimate of drug-likeness (QED) is 0.0957. The van der Waals surface area contributed by atoms with Crippen LogP contribution in [-0.2, 0) is 32.0 Å². The van der Waals surface area contributed by atoms with Crippen molar-refractivity contribution in [1.29, 1.82) is 0 Å². The van der Waals surface area contributed by atoms with Crippen LogP contribution in [0.2, 0.25) is 0 Å². The van der Waals surface area contributed by atoms with Crippen LogP contribution in [0, 0.1) is 0 Å². The molecule has 10 nitrogen and oxygen atoms in total. The van der Waals surface area contributed by atoms with E-state index < -0.39 is 23.8 Å². The Balaban J connectivity index is 1.36. The predicted molar refractivity (Wildman–Crippen MR) is 155 cm³/mol. The summed E-state index contributed by atoms with van der Waals surface area (Å²) in [6.45, 7) is 1.91. The lowest BCUT2D eigenvalue weighted by Gasteiger charge is -2.12. The molecule has 0 saturated carbocycles. The molecule has 212 valence electrons. The number of thiophene rings is 1. The van der Waals surface area contributed by atoms with Crippen LogP contribution < -0.4 is 20.2 Å². The van der Waals surface area contributed by atoms with Crippen molar-refractivity contribution in [3.63, 3.8) is 0 Å². The van der Waals surface area contributed by atoms with Gasteiger partial charge in [-0.1, -0.05) is 30.3 Å². The minimum atomic E-state index is -1.01. The smallest absolute Gasteiger partial charge is 0.341 e. The molecule has 1 aliphatic carbocycles. The third kappa shape index (κ3) is 7.67. The van der Waals surface area contributed by atoms with E-state index >= 15 is 0 Å². The number of benzene rings is 2. The molecule has 41 heavy (non-hydrogen) atoms. The number of rotatable bonds is 9. The van der Waals surface area contributed by atoms with Crippen LogP contribution in [-0.4, -0.2) is 43.7 Å². The Morgan fingerprint density at radius 2 is 1.76 bits per heavy atom. The van der Waals surface area contributed by atoms with Gasteiger partial charge in [-0.15, -0.1) is 11.3 Å². The summed E-state index contributed by atoms with van der Waals surface area (Å²) in [5.41, 5.74) is 4.74. The Bertz CT molecular complexity index is 1500. The highest BCUT2D eigenvalue weighted by atomic mass is 32.1. The molecule has 4 rings (SSSR count). The molecule has 1 aromatic heterocycles. The fraction of sp³-hybridized carbons (Fsp3) is 0.233. The van der Waals surface area contributed by atoms with Crippen molar-refractivity contribution >= 4 is 52.4 Å². The average molecular weight is 576 g/mol. The Hall–Kier alpha value is -4.77. The molecule has 0 saturated heterocycles. The molecule has 0 unspecified atom stereocenters. The van der Waals surface area contributed by atoms with Crippen LogP contribution in [0.5, 0.6) is 11.5 Å². The minimum absolute atomic E-state index is 0.200. The number of carbonyl (C=O) groups excluding carboxylic acids is 4. The molecule has 3 aromatic rings. The van der Waals surface area contributed by atoms with Gasteiger partial charge in [0.25, 0.3) is 0 Å². The highest BCUT2D eigenvalue weighted by Gasteiger charge is 2.28. The number of anilines is 1. The summed E-state index contributed by atoms with van der Waals surface area (Å²) >= 11 is 1.29. The van der Waals surface area contributed by atoms with Crippen molar-refractivity contribution in [3.8, 4) is 11.5 Å². The molecule has 2 amide bonds. The summed E-state index contributed by atoms with van der Waals surface area (Å²) in [5.74, 6) is -2.60. The predicted octanol–water partition coefficient (Wildman–Crippen LogP) is 4.52. The van der Waals surface area contributed by atoms with Gasteiger partial charge in [-0.2, -0.15) is 5.10 Å². The maximum absolute atomic E-state index is 12.6. The standard InChI is InChI=1S/C30H29N3O7S/c1-3-39-30(37)26-21-11-7-8-12-24(21)41-29(26)32-27(35)28(36)33-31-18-20-13-15-22(23(17-20)38-2)40-25(34)16-14-19-9-5-4-6-10-19/h4-6,9-10,13-18H,3,7-8,11-12H2,1-2H3,(H,32,35)(H,33,36)/b16-14+,31-18+. The number of ether oxygens (including phenoxy) is 3. The summed E-state index contributed by atoms with van der Waals surface area (Å²) in [7, 11) is 1.42. The third-order valence-corrected chi connectivity index (χ3v) is 7.28. The van der Waals surface area contributed by atoms with Gasteiger partial charge in [0.05, 0.1) is 25.5 Å². The number of esters is 2. The third-order valence-electron chi connectivity index (χ3n) is 6.07. The first-order chi connectivity index (χ1) is 19.9. The van der Waals surface area contributed by atoms with Crippen molar-refractivity contribution in [2.75, 3.05) is 19.0 Å². The van der Waals surface area contributed by atoms with E-state index in [0.717, 1.165) is 41.7 Å². The van der Waals surface area contributed by atoms with Crippen LogP contribution >= 0.6 is 11.3 Å². The van der Waals surface area contributed by atoms with Crippen molar-refractivity contribution in [1.82, 2.24) is 5.43 Å². The topological polar surface area (TPSA) is 132 Å².